The molecule has 0 saturated carbocycles. The van der Waals surface area contributed by atoms with Gasteiger partial charge in [-0.3, -0.25) is 0 Å². The van der Waals surface area contributed by atoms with E-state index in [0.717, 1.165) is 0 Å². The molecule has 0 bridgehead atoms. The molecule has 15 heavy (non-hydrogen) atoms. The number of carbonyl (C=O) groups is 2. The second-order valence-corrected chi connectivity index (χ2v) is 3.31. The van der Waals surface area contributed by atoms with Gasteiger partial charge in [0, 0.05) is 0 Å². The second-order valence-electron chi connectivity index (χ2n) is 1.41. The van der Waals surface area contributed by atoms with E-state index in [9.17, 15) is 9.59 Å². The van der Waals surface area contributed by atoms with Crippen LogP contribution in [-0.4, -0.2) is 74.3 Å². The summed E-state index contributed by atoms with van der Waals surface area (Å²) >= 11 is -1.53. The minimum atomic E-state index is -1.53. The third-order valence-corrected chi connectivity index (χ3v) is 1.82. The van der Waals surface area contributed by atoms with Crippen molar-refractivity contribution in [3.8, 4) is 0 Å². The van der Waals surface area contributed by atoms with Gasteiger partial charge in [-0.25, -0.2) is 0 Å². The van der Waals surface area contributed by atoms with Crippen molar-refractivity contribution in [1.82, 2.24) is 0 Å². The van der Waals surface area contributed by atoms with Gasteiger partial charge in [-0.2, -0.15) is 0 Å². The predicted molar refractivity (Wildman–Crippen MR) is 43.8 cm³/mol. The minimum Gasteiger partial charge on any atom is 1.00 e. The van der Waals surface area contributed by atoms with Crippen LogP contribution in [0.2, 0.25) is 0 Å². The van der Waals surface area contributed by atoms with Crippen molar-refractivity contribution in [2.24, 2.45) is 0 Å². The van der Waals surface area contributed by atoms with Crippen LogP contribution in [0.3, 0.4) is 0 Å². The average Bonchev–Trinajstić information content (AvgIpc) is 1.85. The summed E-state index contributed by atoms with van der Waals surface area (Å²) in [6, 6.07) is 0. The van der Waals surface area contributed by atoms with Crippen LogP contribution in [0.5, 0.6) is 0 Å². The molecule has 0 saturated heterocycles. The molecule has 0 amide bonds. The van der Waals surface area contributed by atoms with Gasteiger partial charge in [0.15, 0.2) is 0 Å². The van der Waals surface area contributed by atoms with E-state index in [1.165, 1.54) is 0 Å². The molecule has 87 valence electrons. The summed E-state index contributed by atoms with van der Waals surface area (Å²) in [5, 5.41) is 16.1. The first-order valence-corrected chi connectivity index (χ1v) is 4.59. The molecule has 0 aliphatic carbocycles. The van der Waals surface area contributed by atoms with Crippen LogP contribution in [0.25, 0.3) is 0 Å². The molecular formula is C4H12NaO9Sb+. The van der Waals surface area contributed by atoms with Crippen molar-refractivity contribution in [1.29, 1.82) is 0 Å². The minimum absolute atomic E-state index is 0. The smallest absolute Gasteiger partial charge is 1.00 e. The number of rotatable bonds is 6. The summed E-state index contributed by atoms with van der Waals surface area (Å²) in [6.07, 6.45) is 0. The standard InChI is InChI=1S/2C2H3O3.Na.3H2O.Sb/c2*3-1-2(4)5;;;;;/h2*1H2,(H,4,5);;3*1H2;/q2*-1;+1;;;;+2. The normalized spacial score (nSPS) is 6.93. The van der Waals surface area contributed by atoms with Crippen LogP contribution in [0.4, 0.5) is 0 Å². The third kappa shape index (κ3) is 31.3. The van der Waals surface area contributed by atoms with Crippen LogP contribution >= 0.6 is 0 Å². The Morgan fingerprint density at radius 2 is 1.20 bits per heavy atom. The van der Waals surface area contributed by atoms with E-state index in [4.69, 9.17) is 10.2 Å². The molecule has 1 radical (unpaired) electrons. The SMILES string of the molecule is O.O.O.O=C(O)C[O][Sb][O]CC(=O)O.[Na+]. The van der Waals surface area contributed by atoms with Gasteiger partial charge >= 0.3 is 103 Å². The summed E-state index contributed by atoms with van der Waals surface area (Å²) in [7, 11) is 0. The van der Waals surface area contributed by atoms with Crippen LogP contribution in [-0.2, 0) is 15.6 Å². The van der Waals surface area contributed by atoms with Gasteiger partial charge in [0.05, 0.1) is 0 Å². The van der Waals surface area contributed by atoms with E-state index in [2.05, 4.69) is 6.03 Å². The van der Waals surface area contributed by atoms with Crippen LogP contribution in [0, 0.1) is 0 Å². The zero-order valence-corrected chi connectivity index (χ0v) is 12.4. The molecule has 0 aliphatic heterocycles. The van der Waals surface area contributed by atoms with Crippen molar-refractivity contribution >= 4 is 34.4 Å². The monoisotopic (exact) mass is 348 g/mol. The van der Waals surface area contributed by atoms with Gasteiger partial charge in [-0.15, -0.1) is 0 Å². The van der Waals surface area contributed by atoms with E-state index < -0.39 is 47.6 Å². The molecule has 0 aliphatic rings. The van der Waals surface area contributed by atoms with Gasteiger partial charge in [-0.1, -0.05) is 0 Å². The number of hydrogen-bond donors (Lipinski definition) is 2. The van der Waals surface area contributed by atoms with E-state index in [0.29, 0.717) is 0 Å². The van der Waals surface area contributed by atoms with E-state index in [-0.39, 0.29) is 46.0 Å². The van der Waals surface area contributed by atoms with Gasteiger partial charge in [0.1, 0.15) is 0 Å². The second kappa shape index (κ2) is 20.0. The predicted octanol–water partition coefficient (Wildman–Crippen LogP) is -6.75. The molecule has 0 spiro atoms. The van der Waals surface area contributed by atoms with Crippen LogP contribution < -0.4 is 29.6 Å². The van der Waals surface area contributed by atoms with E-state index >= 15 is 0 Å². The van der Waals surface area contributed by atoms with E-state index in [1.54, 1.807) is 0 Å². The maximum absolute atomic E-state index is 9.82. The summed E-state index contributed by atoms with van der Waals surface area (Å²) < 4.78 is 9.02. The number of carboxylic acid groups (broad SMARTS) is 2. The van der Waals surface area contributed by atoms with Crippen molar-refractivity contribution in [3.63, 3.8) is 0 Å². The van der Waals surface area contributed by atoms with Crippen molar-refractivity contribution in [2.75, 3.05) is 13.2 Å². The summed E-state index contributed by atoms with van der Waals surface area (Å²) in [5.74, 6) is -2.17. The first-order valence-electron chi connectivity index (χ1n) is 2.51. The van der Waals surface area contributed by atoms with Crippen LogP contribution in [0.15, 0.2) is 0 Å². The van der Waals surface area contributed by atoms with Gasteiger partial charge in [0.25, 0.3) is 0 Å². The zero-order chi connectivity index (χ0) is 8.69. The Bertz CT molecular complexity index is 137. The molecule has 0 rings (SSSR count). The summed E-state index contributed by atoms with van der Waals surface area (Å²) in [6.45, 7) is -0.840. The topological polar surface area (TPSA) is 188 Å². The van der Waals surface area contributed by atoms with Crippen LogP contribution in [0.1, 0.15) is 0 Å². The van der Waals surface area contributed by atoms with Crippen molar-refractivity contribution in [3.05, 3.63) is 0 Å². The molecule has 0 aromatic heterocycles. The molecule has 0 heterocycles. The quantitative estimate of drug-likeness (QED) is 0.354. The van der Waals surface area contributed by atoms with Crippen molar-refractivity contribution < 1.29 is 71.8 Å². The Hall–Kier alpha value is 0.558. The van der Waals surface area contributed by atoms with E-state index in [1.807, 2.05) is 0 Å². The molecule has 0 aromatic carbocycles. The Morgan fingerprint density at radius 1 is 0.933 bits per heavy atom. The van der Waals surface area contributed by atoms with Gasteiger partial charge < -0.3 is 16.4 Å². The first-order chi connectivity index (χ1) is 5.13. The van der Waals surface area contributed by atoms with Gasteiger partial charge in [0.2, 0.25) is 0 Å². The van der Waals surface area contributed by atoms with Gasteiger partial charge in [-0.05, 0) is 0 Å². The molecule has 8 N–H and O–H groups in total. The maximum atomic E-state index is 9.82. The molecule has 0 atom stereocenters. The molecule has 0 aromatic rings. The summed E-state index contributed by atoms with van der Waals surface area (Å²) in [4.78, 5) is 19.6. The Balaban J connectivity index is -0.0000000833. The van der Waals surface area contributed by atoms with Crippen molar-refractivity contribution in [2.45, 2.75) is 0 Å². The summed E-state index contributed by atoms with van der Waals surface area (Å²) in [5.41, 5.74) is 0. The Labute approximate surface area is 119 Å². The Morgan fingerprint density at radius 3 is 1.40 bits per heavy atom. The molecule has 11 heteroatoms. The number of hydrogen-bond acceptors (Lipinski definition) is 4. The first kappa shape index (κ1) is 29.6. The zero-order valence-electron chi connectivity index (χ0n) is 7.89. The fourth-order valence-corrected chi connectivity index (χ4v) is 1.34. The third-order valence-electron chi connectivity index (χ3n) is 0.481. The molecule has 0 fully saturated rings. The number of aliphatic carboxylic acids is 2. The average molecular weight is 349 g/mol. The molecule has 0 unspecified atom stereocenters. The number of carboxylic acids is 2. The molecular weight excluding hydrogens is 337 g/mol. The molecule has 9 nitrogen and oxygen atoms in total. The fraction of sp³-hybridized carbons (Fsp3) is 0.500. The fourth-order valence-electron chi connectivity index (χ4n) is 0.200. The maximum Gasteiger partial charge on any atom is 1.00 e. The largest absolute Gasteiger partial charge is 1.00 e. The Kier molecular flexibility index (Phi) is 39.5.